The molecule has 156 valence electrons. The molecule has 0 bridgehead atoms. The second kappa shape index (κ2) is 9.30. The molecule has 7 heteroatoms. The summed E-state index contributed by atoms with van der Waals surface area (Å²) in [5, 5.41) is 0.482. The van der Waals surface area contributed by atoms with E-state index in [1.54, 1.807) is 35.4 Å². The lowest BCUT2D eigenvalue weighted by molar-refractivity contribution is -0.134. The molecule has 5 nitrogen and oxygen atoms in total. The van der Waals surface area contributed by atoms with Gasteiger partial charge in [-0.15, -0.1) is 0 Å². The van der Waals surface area contributed by atoms with Crippen molar-refractivity contribution >= 4 is 17.5 Å². The minimum absolute atomic E-state index is 0.0463. The molecule has 0 aliphatic carbocycles. The summed E-state index contributed by atoms with van der Waals surface area (Å²) >= 11 is 6.08. The molecule has 0 unspecified atom stereocenters. The maximum atomic E-state index is 13.1. The van der Waals surface area contributed by atoms with E-state index in [0.717, 1.165) is 24.2 Å². The Morgan fingerprint density at radius 3 is 2.83 bits per heavy atom. The molecule has 1 fully saturated rings. The Kier molecular flexibility index (Phi) is 6.33. The van der Waals surface area contributed by atoms with E-state index in [4.69, 9.17) is 20.8 Å². The van der Waals surface area contributed by atoms with Crippen molar-refractivity contribution in [3.05, 3.63) is 82.8 Å². The van der Waals surface area contributed by atoms with Gasteiger partial charge in [-0.25, -0.2) is 9.37 Å². The Labute approximate surface area is 179 Å². The summed E-state index contributed by atoms with van der Waals surface area (Å²) < 4.78 is 24.6. The average Bonchev–Trinajstić information content (AvgIpc) is 3.23. The highest BCUT2D eigenvalue weighted by Gasteiger charge is 2.28. The first-order valence-electron chi connectivity index (χ1n) is 9.92. The molecule has 4 rings (SSSR count). The van der Waals surface area contributed by atoms with Gasteiger partial charge in [-0.3, -0.25) is 4.79 Å². The van der Waals surface area contributed by atoms with E-state index in [0.29, 0.717) is 36.2 Å². The fraction of sp³-hybridized carbons (Fsp3) is 0.304. The number of halogens is 2. The summed E-state index contributed by atoms with van der Waals surface area (Å²) in [6.45, 7) is 1.17. The third-order valence-corrected chi connectivity index (χ3v) is 5.49. The molecule has 0 radical (unpaired) electrons. The molecule has 0 saturated carbocycles. The Hall–Kier alpha value is -2.86. The van der Waals surface area contributed by atoms with Crippen LogP contribution in [0.3, 0.4) is 0 Å². The normalized spacial score (nSPS) is 16.5. The first-order chi connectivity index (χ1) is 14.6. The minimum atomic E-state index is -0.262. The molecule has 1 saturated heterocycles. The van der Waals surface area contributed by atoms with Crippen LogP contribution in [-0.2, 0) is 11.2 Å². The van der Waals surface area contributed by atoms with Gasteiger partial charge in [-0.05, 0) is 42.7 Å². The SMILES string of the molecule is O=C(COc1ccccc1Cl)N1CCC[C@@H](c2ncc(Cc3ccc(F)cc3)o2)C1. The first-order valence-corrected chi connectivity index (χ1v) is 10.3. The smallest absolute Gasteiger partial charge is 0.260 e. The number of hydrogen-bond donors (Lipinski definition) is 0. The number of carbonyl (C=O) groups is 1. The van der Waals surface area contributed by atoms with Gasteiger partial charge >= 0.3 is 0 Å². The lowest BCUT2D eigenvalue weighted by Crippen LogP contribution is -2.41. The van der Waals surface area contributed by atoms with Crippen molar-refractivity contribution in [3.8, 4) is 5.75 Å². The quantitative estimate of drug-likeness (QED) is 0.563. The zero-order valence-electron chi connectivity index (χ0n) is 16.4. The molecule has 2 heterocycles. The van der Waals surface area contributed by atoms with Crippen molar-refractivity contribution in [1.29, 1.82) is 0 Å². The van der Waals surface area contributed by atoms with Gasteiger partial charge < -0.3 is 14.1 Å². The van der Waals surface area contributed by atoms with Crippen LogP contribution in [0.25, 0.3) is 0 Å². The first kappa shape index (κ1) is 20.4. The number of hydrogen-bond acceptors (Lipinski definition) is 4. The predicted molar refractivity (Wildman–Crippen MR) is 111 cm³/mol. The largest absolute Gasteiger partial charge is 0.482 e. The van der Waals surface area contributed by atoms with Crippen LogP contribution in [-0.4, -0.2) is 35.5 Å². The number of likely N-dealkylation sites (tertiary alicyclic amines) is 1. The minimum Gasteiger partial charge on any atom is -0.482 e. The van der Waals surface area contributed by atoms with Crippen molar-refractivity contribution in [2.24, 2.45) is 0 Å². The summed E-state index contributed by atoms with van der Waals surface area (Å²) in [7, 11) is 0. The maximum Gasteiger partial charge on any atom is 0.260 e. The van der Waals surface area contributed by atoms with Gasteiger partial charge in [-0.1, -0.05) is 35.9 Å². The number of nitrogens with zero attached hydrogens (tertiary/aromatic N) is 2. The van der Waals surface area contributed by atoms with Gasteiger partial charge in [0.05, 0.1) is 17.1 Å². The summed E-state index contributed by atoms with van der Waals surface area (Å²) in [5.74, 6) is 1.56. The number of ether oxygens (including phenoxy) is 1. The van der Waals surface area contributed by atoms with E-state index < -0.39 is 0 Å². The zero-order valence-corrected chi connectivity index (χ0v) is 17.1. The van der Waals surface area contributed by atoms with E-state index in [9.17, 15) is 9.18 Å². The lowest BCUT2D eigenvalue weighted by Gasteiger charge is -2.31. The third kappa shape index (κ3) is 5.00. The van der Waals surface area contributed by atoms with Crippen molar-refractivity contribution in [3.63, 3.8) is 0 Å². The van der Waals surface area contributed by atoms with E-state index >= 15 is 0 Å². The van der Waals surface area contributed by atoms with Crippen LogP contribution in [0, 0.1) is 5.82 Å². The van der Waals surface area contributed by atoms with Crippen LogP contribution >= 0.6 is 11.6 Å². The predicted octanol–water partition coefficient (Wildman–Crippen LogP) is 4.84. The zero-order chi connectivity index (χ0) is 20.9. The molecular weight excluding hydrogens is 407 g/mol. The fourth-order valence-electron chi connectivity index (χ4n) is 3.59. The van der Waals surface area contributed by atoms with Crippen LogP contribution in [0.5, 0.6) is 5.75 Å². The Morgan fingerprint density at radius 1 is 1.23 bits per heavy atom. The highest BCUT2D eigenvalue weighted by molar-refractivity contribution is 6.32. The van der Waals surface area contributed by atoms with Crippen LogP contribution in [0.15, 0.2) is 59.1 Å². The number of oxazole rings is 1. The van der Waals surface area contributed by atoms with Crippen LogP contribution in [0.4, 0.5) is 4.39 Å². The van der Waals surface area contributed by atoms with Gasteiger partial charge in [0.15, 0.2) is 12.5 Å². The van der Waals surface area contributed by atoms with Gasteiger partial charge in [-0.2, -0.15) is 0 Å². The van der Waals surface area contributed by atoms with Crippen molar-refractivity contribution < 1.29 is 18.3 Å². The topological polar surface area (TPSA) is 55.6 Å². The molecule has 30 heavy (non-hydrogen) atoms. The highest BCUT2D eigenvalue weighted by atomic mass is 35.5. The van der Waals surface area contributed by atoms with E-state index in [1.807, 2.05) is 12.1 Å². The van der Waals surface area contributed by atoms with E-state index in [-0.39, 0.29) is 24.2 Å². The van der Waals surface area contributed by atoms with Gasteiger partial charge in [0.2, 0.25) is 0 Å². The Balaban J connectivity index is 1.34. The Bertz CT molecular complexity index is 1010. The number of para-hydroxylation sites is 1. The van der Waals surface area contributed by atoms with Gasteiger partial charge in [0.1, 0.15) is 17.3 Å². The van der Waals surface area contributed by atoms with Crippen molar-refractivity contribution in [1.82, 2.24) is 9.88 Å². The second-order valence-electron chi connectivity index (χ2n) is 7.37. The number of piperidine rings is 1. The molecule has 0 spiro atoms. The molecule has 3 aromatic rings. The van der Waals surface area contributed by atoms with Crippen molar-refractivity contribution in [2.75, 3.05) is 19.7 Å². The number of aromatic nitrogens is 1. The monoisotopic (exact) mass is 428 g/mol. The molecular formula is C23H22ClFN2O3. The van der Waals surface area contributed by atoms with Gasteiger partial charge in [0.25, 0.3) is 5.91 Å². The standard InChI is InChI=1S/C23H22ClFN2O3/c24-20-5-1-2-6-21(20)29-15-22(28)27-11-3-4-17(14-27)23-26-13-19(30-23)12-16-7-9-18(25)10-8-16/h1-2,5-10,13,17H,3-4,11-12,14-15H2/t17-/m1/s1. The fourth-order valence-corrected chi connectivity index (χ4v) is 3.78. The Morgan fingerprint density at radius 2 is 2.03 bits per heavy atom. The molecule has 0 N–H and O–H groups in total. The molecule has 2 aromatic carbocycles. The lowest BCUT2D eigenvalue weighted by atomic mass is 9.98. The number of carbonyl (C=O) groups excluding carboxylic acids is 1. The summed E-state index contributed by atoms with van der Waals surface area (Å²) in [4.78, 5) is 18.8. The molecule has 1 aromatic heterocycles. The van der Waals surface area contributed by atoms with Crippen LogP contribution < -0.4 is 4.74 Å². The summed E-state index contributed by atoms with van der Waals surface area (Å²) in [5.41, 5.74) is 0.955. The number of rotatable bonds is 6. The van der Waals surface area contributed by atoms with Crippen LogP contribution in [0.1, 0.15) is 36.0 Å². The van der Waals surface area contributed by atoms with Crippen LogP contribution in [0.2, 0.25) is 5.02 Å². The second-order valence-corrected chi connectivity index (χ2v) is 7.77. The molecule has 1 aliphatic heterocycles. The van der Waals surface area contributed by atoms with Crippen molar-refractivity contribution in [2.45, 2.75) is 25.2 Å². The highest BCUT2D eigenvalue weighted by Crippen LogP contribution is 2.28. The third-order valence-electron chi connectivity index (χ3n) is 5.17. The number of amides is 1. The number of benzene rings is 2. The molecule has 1 aliphatic rings. The summed E-state index contributed by atoms with van der Waals surface area (Å²) in [6.07, 6.45) is 4.04. The summed E-state index contributed by atoms with van der Waals surface area (Å²) in [6, 6.07) is 13.4. The van der Waals surface area contributed by atoms with E-state index in [2.05, 4.69) is 4.98 Å². The average molecular weight is 429 g/mol. The molecule has 1 atom stereocenters. The maximum absolute atomic E-state index is 13.1. The van der Waals surface area contributed by atoms with E-state index in [1.165, 1.54) is 12.1 Å². The van der Waals surface area contributed by atoms with Gasteiger partial charge in [0, 0.05) is 19.5 Å². The molecule has 1 amide bonds.